The Kier molecular flexibility index (Phi) is 4.70. The summed E-state index contributed by atoms with van der Waals surface area (Å²) in [6, 6.07) is 11.8. The van der Waals surface area contributed by atoms with Crippen LogP contribution in [0.1, 0.15) is 24.2 Å². The molecule has 1 aromatic heterocycles. The minimum atomic E-state index is 0.585. The van der Waals surface area contributed by atoms with Gasteiger partial charge in [-0.25, -0.2) is 0 Å². The number of furan rings is 1. The standard InChI is InChI=1S/C17H14Br2N2O/c18-14-5-3-12(4-6-14)13(11-20)9-15-10-16(19)17(22-15)21-7-1-2-8-21/h3-6,9-10H,1-2,7-8H2/b13-9-. The molecule has 2 aromatic rings. The molecule has 0 radical (unpaired) electrons. The highest BCUT2D eigenvalue weighted by Crippen LogP contribution is 2.34. The Labute approximate surface area is 146 Å². The highest BCUT2D eigenvalue weighted by molar-refractivity contribution is 9.10. The Bertz CT molecular complexity index is 735. The van der Waals surface area contributed by atoms with Gasteiger partial charge in [0.15, 0.2) is 0 Å². The quantitative estimate of drug-likeness (QED) is 0.617. The first-order chi connectivity index (χ1) is 10.7. The molecule has 1 fully saturated rings. The van der Waals surface area contributed by atoms with E-state index in [0.29, 0.717) is 11.3 Å². The lowest BCUT2D eigenvalue weighted by Crippen LogP contribution is -2.17. The molecule has 0 N–H and O–H groups in total. The van der Waals surface area contributed by atoms with Crippen LogP contribution >= 0.6 is 31.9 Å². The summed E-state index contributed by atoms with van der Waals surface area (Å²) in [5.74, 6) is 1.55. The molecule has 3 rings (SSSR count). The van der Waals surface area contributed by atoms with E-state index in [1.54, 1.807) is 6.08 Å². The molecule has 0 saturated carbocycles. The van der Waals surface area contributed by atoms with Crippen molar-refractivity contribution in [3.8, 4) is 6.07 Å². The molecule has 0 aliphatic carbocycles. The molecule has 1 saturated heterocycles. The topological polar surface area (TPSA) is 40.2 Å². The van der Waals surface area contributed by atoms with Crippen LogP contribution in [0.4, 0.5) is 5.88 Å². The fourth-order valence-corrected chi connectivity index (χ4v) is 3.36. The highest BCUT2D eigenvalue weighted by atomic mass is 79.9. The summed E-state index contributed by atoms with van der Waals surface area (Å²) >= 11 is 6.95. The third-order valence-corrected chi connectivity index (χ3v) is 4.74. The van der Waals surface area contributed by atoms with E-state index in [2.05, 4.69) is 42.8 Å². The zero-order chi connectivity index (χ0) is 15.5. The van der Waals surface area contributed by atoms with Crippen molar-refractivity contribution < 1.29 is 4.42 Å². The summed E-state index contributed by atoms with van der Waals surface area (Å²) < 4.78 is 7.85. The number of halogens is 2. The van der Waals surface area contributed by atoms with E-state index in [0.717, 1.165) is 33.5 Å². The number of nitriles is 1. The summed E-state index contributed by atoms with van der Waals surface area (Å²) in [6.07, 6.45) is 4.18. The molecule has 1 aliphatic heterocycles. The SMILES string of the molecule is N#C/C(=C/c1cc(Br)c(N2CCCC2)o1)c1ccc(Br)cc1. The van der Waals surface area contributed by atoms with Crippen molar-refractivity contribution in [2.24, 2.45) is 0 Å². The number of allylic oxidation sites excluding steroid dienone is 1. The van der Waals surface area contributed by atoms with Crippen LogP contribution in [0.2, 0.25) is 0 Å². The van der Waals surface area contributed by atoms with Crippen molar-refractivity contribution in [2.45, 2.75) is 12.8 Å². The summed E-state index contributed by atoms with van der Waals surface area (Å²) in [6.45, 7) is 2.04. The highest BCUT2D eigenvalue weighted by Gasteiger charge is 2.19. The summed E-state index contributed by atoms with van der Waals surface area (Å²) in [4.78, 5) is 2.23. The van der Waals surface area contributed by atoms with Crippen LogP contribution in [0.5, 0.6) is 0 Å². The molecule has 5 heteroatoms. The molecule has 112 valence electrons. The van der Waals surface area contributed by atoms with Crippen LogP contribution in [0.25, 0.3) is 11.6 Å². The predicted octanol–water partition coefficient (Wildman–Crippen LogP) is 5.47. The second kappa shape index (κ2) is 6.72. The van der Waals surface area contributed by atoms with Crippen molar-refractivity contribution in [1.82, 2.24) is 0 Å². The molecule has 0 amide bonds. The molecule has 0 spiro atoms. The molecule has 3 nitrogen and oxygen atoms in total. The fourth-order valence-electron chi connectivity index (χ4n) is 2.54. The second-order valence-corrected chi connectivity index (χ2v) is 6.94. The first-order valence-corrected chi connectivity index (χ1v) is 8.68. The lowest BCUT2D eigenvalue weighted by Gasteiger charge is -2.13. The Morgan fingerprint density at radius 1 is 1.18 bits per heavy atom. The van der Waals surface area contributed by atoms with Gasteiger partial charge >= 0.3 is 0 Å². The van der Waals surface area contributed by atoms with Gasteiger partial charge in [-0.1, -0.05) is 28.1 Å². The fraction of sp³-hybridized carbons (Fsp3) is 0.235. The molecule has 1 aromatic carbocycles. The molecule has 0 bridgehead atoms. The minimum Gasteiger partial charge on any atom is -0.440 e. The Morgan fingerprint density at radius 2 is 1.86 bits per heavy atom. The lowest BCUT2D eigenvalue weighted by molar-refractivity contribution is 0.546. The molecule has 0 atom stereocenters. The molecular formula is C17H14Br2N2O. The van der Waals surface area contributed by atoms with Gasteiger partial charge in [-0.15, -0.1) is 0 Å². The van der Waals surface area contributed by atoms with Gasteiger partial charge in [-0.2, -0.15) is 5.26 Å². The first-order valence-electron chi connectivity index (χ1n) is 7.09. The monoisotopic (exact) mass is 420 g/mol. The maximum absolute atomic E-state index is 9.40. The van der Waals surface area contributed by atoms with Crippen LogP contribution in [0, 0.1) is 11.3 Å². The summed E-state index contributed by atoms with van der Waals surface area (Å²) in [5, 5.41) is 9.40. The van der Waals surface area contributed by atoms with Gasteiger partial charge in [-0.3, -0.25) is 0 Å². The van der Waals surface area contributed by atoms with Crippen molar-refractivity contribution in [3.05, 3.63) is 50.6 Å². The van der Waals surface area contributed by atoms with E-state index in [9.17, 15) is 5.26 Å². The van der Waals surface area contributed by atoms with Crippen LogP contribution in [0.15, 0.2) is 43.7 Å². The average Bonchev–Trinajstić information content (AvgIpc) is 3.15. The van der Waals surface area contributed by atoms with Crippen molar-refractivity contribution in [3.63, 3.8) is 0 Å². The zero-order valence-electron chi connectivity index (χ0n) is 11.9. The Balaban J connectivity index is 1.91. The molecule has 1 aliphatic rings. The number of hydrogen-bond acceptors (Lipinski definition) is 3. The Morgan fingerprint density at radius 3 is 2.50 bits per heavy atom. The number of anilines is 1. The summed E-state index contributed by atoms with van der Waals surface area (Å²) in [7, 11) is 0. The number of benzene rings is 1. The van der Waals surface area contributed by atoms with E-state index in [1.165, 1.54) is 12.8 Å². The van der Waals surface area contributed by atoms with E-state index < -0.39 is 0 Å². The normalized spacial score (nSPS) is 15.1. The van der Waals surface area contributed by atoms with Gasteiger partial charge in [0.25, 0.3) is 0 Å². The van der Waals surface area contributed by atoms with Gasteiger partial charge in [0.1, 0.15) is 5.76 Å². The lowest BCUT2D eigenvalue weighted by atomic mass is 10.1. The molecule has 22 heavy (non-hydrogen) atoms. The van der Waals surface area contributed by atoms with E-state index in [-0.39, 0.29) is 0 Å². The van der Waals surface area contributed by atoms with Crippen LogP contribution < -0.4 is 4.90 Å². The molecular weight excluding hydrogens is 408 g/mol. The van der Waals surface area contributed by atoms with Crippen molar-refractivity contribution in [1.29, 1.82) is 5.26 Å². The number of nitrogens with zero attached hydrogens (tertiary/aromatic N) is 2. The van der Waals surface area contributed by atoms with E-state index in [4.69, 9.17) is 4.42 Å². The average molecular weight is 422 g/mol. The van der Waals surface area contributed by atoms with Gasteiger partial charge in [-0.05, 0) is 52.5 Å². The third-order valence-electron chi connectivity index (χ3n) is 3.64. The van der Waals surface area contributed by atoms with E-state index in [1.807, 2.05) is 30.3 Å². The van der Waals surface area contributed by atoms with E-state index >= 15 is 0 Å². The van der Waals surface area contributed by atoms with Crippen LogP contribution in [0.3, 0.4) is 0 Å². The predicted molar refractivity (Wildman–Crippen MR) is 95.5 cm³/mol. The maximum Gasteiger partial charge on any atom is 0.210 e. The molecule has 2 heterocycles. The van der Waals surface area contributed by atoms with Crippen molar-refractivity contribution >= 4 is 49.4 Å². The van der Waals surface area contributed by atoms with Gasteiger partial charge in [0, 0.05) is 23.6 Å². The maximum atomic E-state index is 9.40. The van der Waals surface area contributed by atoms with Gasteiger partial charge in [0.05, 0.1) is 16.1 Å². The van der Waals surface area contributed by atoms with Crippen LogP contribution in [-0.4, -0.2) is 13.1 Å². The molecule has 0 unspecified atom stereocenters. The minimum absolute atomic E-state index is 0.585. The second-order valence-electron chi connectivity index (χ2n) is 5.17. The zero-order valence-corrected chi connectivity index (χ0v) is 15.0. The largest absolute Gasteiger partial charge is 0.440 e. The third kappa shape index (κ3) is 3.29. The Hall–Kier alpha value is -1.51. The van der Waals surface area contributed by atoms with Crippen LogP contribution in [-0.2, 0) is 0 Å². The van der Waals surface area contributed by atoms with Gasteiger partial charge < -0.3 is 9.32 Å². The van der Waals surface area contributed by atoms with Gasteiger partial charge in [0.2, 0.25) is 5.88 Å². The smallest absolute Gasteiger partial charge is 0.210 e. The summed E-state index contributed by atoms with van der Waals surface area (Å²) in [5.41, 5.74) is 1.46. The first kappa shape index (κ1) is 15.4. The number of hydrogen-bond donors (Lipinski definition) is 0. The number of rotatable bonds is 3. The van der Waals surface area contributed by atoms with Crippen molar-refractivity contribution in [2.75, 3.05) is 18.0 Å².